The number of benzene rings is 2. The number of hydrogen-bond donors (Lipinski definition) is 2. The fourth-order valence-electron chi connectivity index (χ4n) is 2.15. The van der Waals surface area contributed by atoms with Gasteiger partial charge < -0.3 is 5.32 Å². The summed E-state index contributed by atoms with van der Waals surface area (Å²) in [5.41, 5.74) is 4.49. The first-order chi connectivity index (χ1) is 10.5. The molecule has 0 atom stereocenters. The third-order valence-electron chi connectivity index (χ3n) is 3.49. The molecule has 0 bridgehead atoms. The summed E-state index contributed by atoms with van der Waals surface area (Å²) in [5, 5.41) is 2.85. The molecule has 0 saturated carbocycles. The maximum Gasteiger partial charge on any atom is 0.255 e. The van der Waals surface area contributed by atoms with Crippen LogP contribution in [0, 0.1) is 13.8 Å². The van der Waals surface area contributed by atoms with Crippen LogP contribution in [0.25, 0.3) is 11.0 Å². The topological polar surface area (TPSA) is 54.9 Å². The molecule has 1 heterocycles. The highest BCUT2D eigenvalue weighted by molar-refractivity contribution is 7.80. The van der Waals surface area contributed by atoms with Crippen LogP contribution in [0.2, 0.25) is 0 Å². The van der Waals surface area contributed by atoms with Crippen LogP contribution in [0.1, 0.15) is 21.7 Å². The van der Waals surface area contributed by atoms with Crippen molar-refractivity contribution >= 4 is 35.3 Å². The lowest BCUT2D eigenvalue weighted by Gasteiger charge is -2.08. The van der Waals surface area contributed by atoms with Crippen LogP contribution in [-0.4, -0.2) is 15.9 Å². The summed E-state index contributed by atoms with van der Waals surface area (Å²) in [5.74, 6) is -0.191. The second-order valence-electron chi connectivity index (χ2n) is 5.07. The van der Waals surface area contributed by atoms with Gasteiger partial charge in [-0.25, -0.2) is 9.97 Å². The summed E-state index contributed by atoms with van der Waals surface area (Å²) < 4.78 is 0. The van der Waals surface area contributed by atoms with Gasteiger partial charge >= 0.3 is 0 Å². The smallest absolute Gasteiger partial charge is 0.255 e. The molecule has 3 rings (SSSR count). The molecule has 110 valence electrons. The molecule has 1 N–H and O–H groups in total. The molecule has 3 aromatic rings. The maximum absolute atomic E-state index is 12.4. The molecule has 2 aromatic carbocycles. The minimum Gasteiger partial charge on any atom is -0.321 e. The van der Waals surface area contributed by atoms with E-state index < -0.39 is 0 Å². The first-order valence-corrected chi connectivity index (χ1v) is 7.33. The molecule has 22 heavy (non-hydrogen) atoms. The zero-order chi connectivity index (χ0) is 15.7. The summed E-state index contributed by atoms with van der Waals surface area (Å²) in [6.07, 6.45) is 0. The van der Waals surface area contributed by atoms with Gasteiger partial charge in [0, 0.05) is 10.5 Å². The van der Waals surface area contributed by atoms with E-state index in [2.05, 4.69) is 27.9 Å². The van der Waals surface area contributed by atoms with E-state index in [-0.39, 0.29) is 5.91 Å². The minimum atomic E-state index is -0.191. The summed E-state index contributed by atoms with van der Waals surface area (Å²) in [6.45, 7) is 3.83. The largest absolute Gasteiger partial charge is 0.321 e. The molecule has 0 fully saturated rings. The minimum absolute atomic E-state index is 0.191. The van der Waals surface area contributed by atoms with Crippen LogP contribution in [-0.2, 0) is 0 Å². The molecular formula is C17H15N3OS. The Morgan fingerprint density at radius 1 is 1.00 bits per heavy atom. The predicted octanol–water partition coefficient (Wildman–Crippen LogP) is 3.79. The number of anilines is 1. The molecule has 5 heteroatoms. The second kappa shape index (κ2) is 5.77. The van der Waals surface area contributed by atoms with Crippen LogP contribution in [0.4, 0.5) is 5.69 Å². The second-order valence-corrected chi connectivity index (χ2v) is 5.55. The van der Waals surface area contributed by atoms with Crippen molar-refractivity contribution in [1.82, 2.24) is 9.97 Å². The van der Waals surface area contributed by atoms with E-state index >= 15 is 0 Å². The number of nitrogens with one attached hydrogen (secondary N) is 1. The van der Waals surface area contributed by atoms with Crippen LogP contribution >= 0.6 is 12.6 Å². The number of carbonyl (C=O) groups excluding carboxylic acids is 1. The summed E-state index contributed by atoms with van der Waals surface area (Å²) in [6, 6.07) is 12.7. The van der Waals surface area contributed by atoms with Gasteiger partial charge in [-0.2, -0.15) is 0 Å². The average Bonchev–Trinajstić information content (AvgIpc) is 2.50. The Morgan fingerprint density at radius 3 is 2.41 bits per heavy atom. The number of thiol groups is 1. The first-order valence-electron chi connectivity index (χ1n) is 6.89. The van der Waals surface area contributed by atoms with Crippen LogP contribution < -0.4 is 5.32 Å². The number of rotatable bonds is 2. The number of fused-ring (bicyclic) bond motifs is 1. The first kappa shape index (κ1) is 14.5. The molecule has 0 saturated heterocycles. The molecule has 0 aliphatic rings. The fourth-order valence-corrected chi connectivity index (χ4v) is 2.36. The summed E-state index contributed by atoms with van der Waals surface area (Å²) in [7, 11) is 0. The Morgan fingerprint density at radius 2 is 1.68 bits per heavy atom. The zero-order valence-electron chi connectivity index (χ0n) is 12.3. The van der Waals surface area contributed by atoms with Crippen molar-refractivity contribution in [2.45, 2.75) is 18.7 Å². The molecule has 4 nitrogen and oxygen atoms in total. The molecular weight excluding hydrogens is 294 g/mol. The molecule has 0 aliphatic heterocycles. The van der Waals surface area contributed by atoms with Gasteiger partial charge in [0.05, 0.1) is 28.1 Å². The third-order valence-corrected chi connectivity index (χ3v) is 3.88. The maximum atomic E-state index is 12.4. The molecule has 0 unspecified atom stereocenters. The van der Waals surface area contributed by atoms with Crippen molar-refractivity contribution in [2.75, 3.05) is 5.32 Å². The lowest BCUT2D eigenvalue weighted by molar-refractivity contribution is 0.102. The average molecular weight is 309 g/mol. The Labute approximate surface area is 134 Å². The number of nitrogens with zero attached hydrogens (tertiary/aromatic N) is 2. The summed E-state index contributed by atoms with van der Waals surface area (Å²) >= 11 is 4.33. The fraction of sp³-hybridized carbons (Fsp3) is 0.118. The normalized spacial score (nSPS) is 10.7. The van der Waals surface area contributed by atoms with E-state index in [4.69, 9.17) is 0 Å². The Bertz CT molecular complexity index is 877. The highest BCUT2D eigenvalue weighted by Gasteiger charge is 2.10. The lowest BCUT2D eigenvalue weighted by atomic mass is 10.1. The van der Waals surface area contributed by atoms with Gasteiger partial charge in [0.15, 0.2) is 0 Å². The standard InChI is InChI=1S/C17H15N3OS/c1-10-11(2)19-15-9-12(7-8-13(15)18-10)17(21)20-14-5-3-4-6-16(14)22/h3-9,22H,1-2H3,(H,20,21). The number of para-hydroxylation sites is 1. The zero-order valence-corrected chi connectivity index (χ0v) is 13.2. The Kier molecular flexibility index (Phi) is 3.81. The number of hydrogen-bond acceptors (Lipinski definition) is 4. The number of aromatic nitrogens is 2. The number of aryl methyl sites for hydroxylation is 2. The highest BCUT2D eigenvalue weighted by Crippen LogP contribution is 2.20. The van der Waals surface area contributed by atoms with Crippen molar-refractivity contribution < 1.29 is 4.79 Å². The van der Waals surface area contributed by atoms with Crippen molar-refractivity contribution in [3.63, 3.8) is 0 Å². The van der Waals surface area contributed by atoms with Gasteiger partial charge in [-0.1, -0.05) is 12.1 Å². The van der Waals surface area contributed by atoms with Gasteiger partial charge in [0.1, 0.15) is 0 Å². The van der Waals surface area contributed by atoms with E-state index in [1.807, 2.05) is 44.2 Å². The van der Waals surface area contributed by atoms with Crippen molar-refractivity contribution in [3.8, 4) is 0 Å². The number of amides is 1. The third kappa shape index (κ3) is 2.80. The van der Waals surface area contributed by atoms with Gasteiger partial charge in [-0.15, -0.1) is 12.6 Å². The van der Waals surface area contributed by atoms with Crippen LogP contribution in [0.3, 0.4) is 0 Å². The van der Waals surface area contributed by atoms with Crippen molar-refractivity contribution in [2.24, 2.45) is 0 Å². The number of carbonyl (C=O) groups is 1. The van der Waals surface area contributed by atoms with E-state index in [0.29, 0.717) is 11.3 Å². The Hall–Kier alpha value is -2.40. The van der Waals surface area contributed by atoms with E-state index in [1.165, 1.54) is 0 Å². The van der Waals surface area contributed by atoms with Crippen molar-refractivity contribution in [1.29, 1.82) is 0 Å². The monoisotopic (exact) mass is 309 g/mol. The highest BCUT2D eigenvalue weighted by atomic mass is 32.1. The quantitative estimate of drug-likeness (QED) is 0.708. The lowest BCUT2D eigenvalue weighted by Crippen LogP contribution is -2.12. The summed E-state index contributed by atoms with van der Waals surface area (Å²) in [4.78, 5) is 22.0. The van der Waals surface area contributed by atoms with Crippen LogP contribution in [0.5, 0.6) is 0 Å². The predicted molar refractivity (Wildman–Crippen MR) is 90.7 cm³/mol. The molecule has 1 aromatic heterocycles. The van der Waals surface area contributed by atoms with Gasteiger partial charge in [-0.3, -0.25) is 4.79 Å². The van der Waals surface area contributed by atoms with Gasteiger partial charge in [0.2, 0.25) is 0 Å². The van der Waals surface area contributed by atoms with Gasteiger partial charge in [0.25, 0.3) is 5.91 Å². The van der Waals surface area contributed by atoms with Crippen LogP contribution in [0.15, 0.2) is 47.4 Å². The SMILES string of the molecule is Cc1nc2ccc(C(=O)Nc3ccccc3S)cc2nc1C. The van der Waals surface area contributed by atoms with E-state index in [1.54, 1.807) is 12.1 Å². The molecule has 0 radical (unpaired) electrons. The van der Waals surface area contributed by atoms with E-state index in [9.17, 15) is 4.79 Å². The van der Waals surface area contributed by atoms with Gasteiger partial charge in [-0.05, 0) is 44.2 Å². The molecule has 1 amide bonds. The van der Waals surface area contributed by atoms with Crippen molar-refractivity contribution in [3.05, 3.63) is 59.4 Å². The Balaban J connectivity index is 1.94. The molecule has 0 aliphatic carbocycles. The molecule has 0 spiro atoms. The van der Waals surface area contributed by atoms with E-state index in [0.717, 1.165) is 27.3 Å².